The summed E-state index contributed by atoms with van der Waals surface area (Å²) in [7, 11) is 1.91. The molecule has 3 rings (SSSR count). The van der Waals surface area contributed by atoms with Gasteiger partial charge in [-0.05, 0) is 25.7 Å². The zero-order valence-electron chi connectivity index (χ0n) is 7.82. The van der Waals surface area contributed by atoms with Crippen LogP contribution in [-0.4, -0.2) is 20.5 Å². The zero-order valence-corrected chi connectivity index (χ0v) is 7.82. The second kappa shape index (κ2) is 1.95. The van der Waals surface area contributed by atoms with Gasteiger partial charge in [-0.25, -0.2) is 0 Å². The van der Waals surface area contributed by atoms with Crippen LogP contribution in [0.1, 0.15) is 31.4 Å². The van der Waals surface area contributed by atoms with Crippen LogP contribution in [0.25, 0.3) is 0 Å². The van der Waals surface area contributed by atoms with Crippen molar-refractivity contribution in [2.24, 2.45) is 12.8 Å². The van der Waals surface area contributed by atoms with E-state index in [1.807, 2.05) is 13.2 Å². The van der Waals surface area contributed by atoms with E-state index in [0.717, 1.165) is 18.5 Å². The van der Waals surface area contributed by atoms with Gasteiger partial charge in [0.15, 0.2) is 0 Å². The van der Waals surface area contributed by atoms with E-state index in [2.05, 4.69) is 10.3 Å². The number of nitrogens with zero attached hydrogens (tertiary/aromatic N) is 3. The molecule has 13 heavy (non-hydrogen) atoms. The normalized spacial score (nSPS) is 27.2. The summed E-state index contributed by atoms with van der Waals surface area (Å²) in [6, 6.07) is 0. The number of nitrogens with two attached hydrogens (primary N) is 1. The Hall–Kier alpha value is -0.900. The number of rotatable bonds is 2. The lowest BCUT2D eigenvalue weighted by Gasteiger charge is -2.19. The summed E-state index contributed by atoms with van der Waals surface area (Å²) in [5, 5.41) is 8.16. The maximum atomic E-state index is 6.25. The average Bonchev–Trinajstić information content (AvgIpc) is 2.97. The smallest absolute Gasteiger partial charge is 0.0906 e. The SMILES string of the molecule is Cn1cc(C2(C3(N)CC3)CC2)nn1. The molecule has 4 heteroatoms. The van der Waals surface area contributed by atoms with Crippen molar-refractivity contribution in [1.29, 1.82) is 0 Å². The Labute approximate surface area is 77.1 Å². The van der Waals surface area contributed by atoms with Crippen molar-refractivity contribution >= 4 is 0 Å². The molecule has 70 valence electrons. The van der Waals surface area contributed by atoms with E-state index in [1.54, 1.807) is 4.68 Å². The van der Waals surface area contributed by atoms with Gasteiger partial charge in [-0.1, -0.05) is 5.21 Å². The average molecular weight is 178 g/mol. The Morgan fingerprint density at radius 1 is 1.38 bits per heavy atom. The minimum absolute atomic E-state index is 0.0586. The van der Waals surface area contributed by atoms with Crippen molar-refractivity contribution in [2.75, 3.05) is 0 Å². The molecule has 1 heterocycles. The van der Waals surface area contributed by atoms with E-state index >= 15 is 0 Å². The molecule has 0 spiro atoms. The van der Waals surface area contributed by atoms with Gasteiger partial charge in [-0.2, -0.15) is 0 Å². The van der Waals surface area contributed by atoms with Gasteiger partial charge in [0, 0.05) is 24.2 Å². The Bertz CT molecular complexity index is 346. The Morgan fingerprint density at radius 2 is 2.08 bits per heavy atom. The molecular weight excluding hydrogens is 164 g/mol. The first-order valence-electron chi connectivity index (χ1n) is 4.82. The van der Waals surface area contributed by atoms with Crippen LogP contribution in [0, 0.1) is 0 Å². The minimum Gasteiger partial charge on any atom is -0.324 e. The quantitative estimate of drug-likeness (QED) is 0.710. The molecule has 0 aromatic carbocycles. The highest BCUT2D eigenvalue weighted by molar-refractivity contribution is 5.34. The van der Waals surface area contributed by atoms with Crippen molar-refractivity contribution < 1.29 is 0 Å². The second-order valence-electron chi connectivity index (χ2n) is 4.52. The molecule has 1 aromatic rings. The molecule has 2 saturated carbocycles. The van der Waals surface area contributed by atoms with Gasteiger partial charge in [0.2, 0.25) is 0 Å². The van der Waals surface area contributed by atoms with E-state index in [0.29, 0.717) is 0 Å². The number of hydrogen-bond donors (Lipinski definition) is 1. The van der Waals surface area contributed by atoms with Gasteiger partial charge in [0.1, 0.15) is 0 Å². The third kappa shape index (κ3) is 0.839. The highest BCUT2D eigenvalue weighted by Crippen LogP contribution is 2.62. The van der Waals surface area contributed by atoms with Crippen molar-refractivity contribution in [3.8, 4) is 0 Å². The fourth-order valence-corrected chi connectivity index (χ4v) is 2.31. The molecule has 1 aromatic heterocycles. The molecule has 0 atom stereocenters. The fourth-order valence-electron chi connectivity index (χ4n) is 2.31. The van der Waals surface area contributed by atoms with Crippen LogP contribution in [0.15, 0.2) is 6.20 Å². The highest BCUT2D eigenvalue weighted by atomic mass is 15.4. The summed E-state index contributed by atoms with van der Waals surface area (Å²) >= 11 is 0. The van der Waals surface area contributed by atoms with Crippen molar-refractivity contribution in [1.82, 2.24) is 15.0 Å². The lowest BCUT2D eigenvalue weighted by atomic mass is 9.91. The highest BCUT2D eigenvalue weighted by Gasteiger charge is 2.65. The van der Waals surface area contributed by atoms with Gasteiger partial charge in [-0.3, -0.25) is 4.68 Å². The van der Waals surface area contributed by atoms with Crippen molar-refractivity contribution in [2.45, 2.75) is 36.6 Å². The maximum absolute atomic E-state index is 6.25. The van der Waals surface area contributed by atoms with Crippen molar-refractivity contribution in [3.63, 3.8) is 0 Å². The predicted molar refractivity (Wildman–Crippen MR) is 48.1 cm³/mol. The van der Waals surface area contributed by atoms with Gasteiger partial charge in [0.25, 0.3) is 0 Å². The lowest BCUT2D eigenvalue weighted by Crippen LogP contribution is -2.37. The van der Waals surface area contributed by atoms with Gasteiger partial charge in [-0.15, -0.1) is 5.10 Å². The van der Waals surface area contributed by atoms with E-state index in [1.165, 1.54) is 12.8 Å². The topological polar surface area (TPSA) is 56.7 Å². The molecule has 2 aliphatic rings. The zero-order chi connectivity index (χ0) is 9.10. The predicted octanol–water partition coefficient (Wildman–Crippen LogP) is 0.338. The van der Waals surface area contributed by atoms with Gasteiger partial charge >= 0.3 is 0 Å². The van der Waals surface area contributed by atoms with Gasteiger partial charge < -0.3 is 5.73 Å². The van der Waals surface area contributed by atoms with Crippen LogP contribution >= 0.6 is 0 Å². The largest absolute Gasteiger partial charge is 0.324 e. The molecule has 2 aliphatic carbocycles. The lowest BCUT2D eigenvalue weighted by molar-refractivity contribution is 0.490. The maximum Gasteiger partial charge on any atom is 0.0906 e. The molecule has 2 N–H and O–H groups in total. The van der Waals surface area contributed by atoms with E-state index < -0.39 is 0 Å². The molecular formula is C9H14N4. The molecule has 2 fully saturated rings. The molecule has 0 bridgehead atoms. The summed E-state index contributed by atoms with van der Waals surface area (Å²) in [5.41, 5.74) is 7.61. The summed E-state index contributed by atoms with van der Waals surface area (Å²) in [6.45, 7) is 0. The minimum atomic E-state index is 0.0586. The number of aryl methyl sites for hydroxylation is 1. The molecule has 0 radical (unpaired) electrons. The number of aromatic nitrogens is 3. The molecule has 0 unspecified atom stereocenters. The van der Waals surface area contributed by atoms with Crippen LogP contribution in [0.2, 0.25) is 0 Å². The third-order valence-electron chi connectivity index (χ3n) is 3.58. The second-order valence-corrected chi connectivity index (χ2v) is 4.52. The van der Waals surface area contributed by atoms with E-state index in [9.17, 15) is 0 Å². The molecule has 0 saturated heterocycles. The first kappa shape index (κ1) is 7.50. The standard InChI is InChI=1S/C9H14N4/c1-13-6-7(11-12-13)8(2-3-8)9(10)4-5-9/h6H,2-5,10H2,1H3. The monoisotopic (exact) mass is 178 g/mol. The van der Waals surface area contributed by atoms with Crippen LogP contribution in [0.4, 0.5) is 0 Å². The Kier molecular flexibility index (Phi) is 1.12. The fraction of sp³-hybridized carbons (Fsp3) is 0.778. The summed E-state index contributed by atoms with van der Waals surface area (Å²) in [5.74, 6) is 0. The summed E-state index contributed by atoms with van der Waals surface area (Å²) in [6.07, 6.45) is 6.72. The van der Waals surface area contributed by atoms with Gasteiger partial charge in [0.05, 0.1) is 5.69 Å². The first-order chi connectivity index (χ1) is 6.16. The Balaban J connectivity index is 2.00. The Morgan fingerprint density at radius 3 is 2.46 bits per heavy atom. The third-order valence-corrected chi connectivity index (χ3v) is 3.58. The first-order valence-corrected chi connectivity index (χ1v) is 4.82. The summed E-state index contributed by atoms with van der Waals surface area (Å²) in [4.78, 5) is 0. The van der Waals surface area contributed by atoms with E-state index in [-0.39, 0.29) is 11.0 Å². The van der Waals surface area contributed by atoms with Crippen LogP contribution in [-0.2, 0) is 12.5 Å². The van der Waals surface area contributed by atoms with Crippen LogP contribution in [0.5, 0.6) is 0 Å². The molecule has 0 aliphatic heterocycles. The van der Waals surface area contributed by atoms with Crippen molar-refractivity contribution in [3.05, 3.63) is 11.9 Å². The summed E-state index contributed by atoms with van der Waals surface area (Å²) < 4.78 is 1.77. The number of hydrogen-bond acceptors (Lipinski definition) is 3. The molecule has 0 amide bonds. The van der Waals surface area contributed by atoms with Crippen LogP contribution < -0.4 is 5.73 Å². The molecule has 4 nitrogen and oxygen atoms in total. The van der Waals surface area contributed by atoms with Crippen LogP contribution in [0.3, 0.4) is 0 Å². The van der Waals surface area contributed by atoms with E-state index in [4.69, 9.17) is 5.73 Å².